The quantitative estimate of drug-likeness (QED) is 0.671. The number of carbonyl (C=O) groups excluding carboxylic acids is 1. The van der Waals surface area contributed by atoms with Crippen molar-refractivity contribution in [2.24, 2.45) is 0 Å². The summed E-state index contributed by atoms with van der Waals surface area (Å²) in [5.41, 5.74) is 3.45. The molecule has 2 aromatic rings. The van der Waals surface area contributed by atoms with Gasteiger partial charge in [-0.15, -0.1) is 0 Å². The molecule has 0 spiro atoms. The molecule has 1 aliphatic heterocycles. The maximum absolute atomic E-state index is 12.4. The predicted octanol–water partition coefficient (Wildman–Crippen LogP) is 3.04. The number of amides is 1. The smallest absolute Gasteiger partial charge is 0.251 e. The van der Waals surface area contributed by atoms with Gasteiger partial charge in [0.1, 0.15) is 12.4 Å². The second kappa shape index (κ2) is 9.41. The minimum absolute atomic E-state index is 0.0292. The van der Waals surface area contributed by atoms with Gasteiger partial charge in [-0.05, 0) is 61.6 Å². The Kier molecular flexibility index (Phi) is 6.92. The van der Waals surface area contributed by atoms with Gasteiger partial charge < -0.3 is 10.1 Å². The lowest BCUT2D eigenvalue weighted by atomic mass is 10.1. The molecule has 0 unspecified atom stereocenters. The van der Waals surface area contributed by atoms with E-state index >= 15 is 0 Å². The van der Waals surface area contributed by atoms with Gasteiger partial charge in [0, 0.05) is 18.7 Å². The zero-order valence-electron chi connectivity index (χ0n) is 17.0. The minimum atomic E-state index is -3.28. The molecule has 1 fully saturated rings. The van der Waals surface area contributed by atoms with Gasteiger partial charge in [-0.2, -0.15) is 0 Å². The van der Waals surface area contributed by atoms with Crippen LogP contribution in [0.5, 0.6) is 5.75 Å². The summed E-state index contributed by atoms with van der Waals surface area (Å²) in [5.74, 6) is 0.588. The number of hydrogen-bond donors (Lipinski definition) is 1. The summed E-state index contributed by atoms with van der Waals surface area (Å²) in [6.45, 7) is 6.01. The Morgan fingerprint density at radius 1 is 1.07 bits per heavy atom. The summed E-state index contributed by atoms with van der Waals surface area (Å²) in [5, 5.41) is 2.83. The number of hydrogen-bond acceptors (Lipinski definition) is 4. The molecule has 0 aliphatic carbocycles. The van der Waals surface area contributed by atoms with Crippen LogP contribution < -0.4 is 10.1 Å². The monoisotopic (exact) mass is 416 g/mol. The summed E-state index contributed by atoms with van der Waals surface area (Å²) < 4.78 is 32.1. The van der Waals surface area contributed by atoms with Crippen LogP contribution in [-0.2, 0) is 15.8 Å². The first kappa shape index (κ1) is 21.3. The summed E-state index contributed by atoms with van der Waals surface area (Å²) in [6, 6.07) is 12.6. The van der Waals surface area contributed by atoms with Crippen LogP contribution in [0.1, 0.15) is 39.9 Å². The van der Waals surface area contributed by atoms with E-state index in [-0.39, 0.29) is 11.7 Å². The number of benzene rings is 2. The first-order chi connectivity index (χ1) is 13.9. The van der Waals surface area contributed by atoms with Crippen molar-refractivity contribution in [3.05, 3.63) is 64.7 Å². The molecule has 2 aromatic carbocycles. The number of nitrogens with zero attached hydrogens (tertiary/aromatic N) is 1. The lowest BCUT2D eigenvalue weighted by Crippen LogP contribution is -2.29. The molecule has 0 radical (unpaired) electrons. The van der Waals surface area contributed by atoms with Gasteiger partial charge in [-0.1, -0.05) is 24.3 Å². The van der Waals surface area contributed by atoms with Crippen molar-refractivity contribution in [2.45, 2.75) is 32.4 Å². The molecule has 1 aliphatic rings. The predicted molar refractivity (Wildman–Crippen MR) is 114 cm³/mol. The number of aryl methyl sites for hydroxylation is 1. The molecule has 7 heteroatoms. The van der Waals surface area contributed by atoms with Crippen LogP contribution in [0.15, 0.2) is 42.5 Å². The molecular weight excluding hydrogens is 388 g/mol. The third-order valence-electron chi connectivity index (χ3n) is 5.22. The molecule has 156 valence electrons. The van der Waals surface area contributed by atoms with Crippen molar-refractivity contribution in [3.63, 3.8) is 0 Å². The van der Waals surface area contributed by atoms with Crippen molar-refractivity contribution in [3.8, 4) is 5.75 Å². The van der Waals surface area contributed by atoms with Crippen LogP contribution in [0.2, 0.25) is 0 Å². The van der Waals surface area contributed by atoms with Crippen LogP contribution in [0.25, 0.3) is 0 Å². The fraction of sp³-hybridized carbons (Fsp3) is 0.409. The van der Waals surface area contributed by atoms with Gasteiger partial charge in [0.25, 0.3) is 5.91 Å². The zero-order chi connectivity index (χ0) is 20.9. The number of ether oxygens (including phenoxy) is 1. The highest BCUT2D eigenvalue weighted by Gasteiger charge is 2.25. The highest BCUT2D eigenvalue weighted by molar-refractivity contribution is 7.88. The average molecular weight is 417 g/mol. The van der Waals surface area contributed by atoms with Crippen molar-refractivity contribution >= 4 is 15.9 Å². The Morgan fingerprint density at radius 3 is 2.45 bits per heavy atom. The van der Waals surface area contributed by atoms with Crippen molar-refractivity contribution in [2.75, 3.05) is 26.2 Å². The van der Waals surface area contributed by atoms with Gasteiger partial charge in [0.15, 0.2) is 0 Å². The second-order valence-corrected chi connectivity index (χ2v) is 9.33. The Balaban J connectivity index is 1.48. The SMILES string of the molecule is Cc1cccc(OCCNC(=O)c2ccc(CS(=O)(=O)N3CCCC3)cc2)c1C. The summed E-state index contributed by atoms with van der Waals surface area (Å²) in [7, 11) is -3.28. The highest BCUT2D eigenvalue weighted by atomic mass is 32.2. The highest BCUT2D eigenvalue weighted by Crippen LogP contribution is 2.20. The summed E-state index contributed by atoms with van der Waals surface area (Å²) in [4.78, 5) is 12.3. The van der Waals surface area contributed by atoms with E-state index in [1.54, 1.807) is 28.6 Å². The molecule has 1 N–H and O–H groups in total. The first-order valence-corrected chi connectivity index (χ1v) is 11.5. The van der Waals surface area contributed by atoms with E-state index in [2.05, 4.69) is 5.32 Å². The number of carbonyl (C=O) groups is 1. The fourth-order valence-corrected chi connectivity index (χ4v) is 4.94. The van der Waals surface area contributed by atoms with E-state index in [1.807, 2.05) is 32.0 Å². The summed E-state index contributed by atoms with van der Waals surface area (Å²) in [6.07, 6.45) is 1.84. The molecular formula is C22H28N2O4S. The lowest BCUT2D eigenvalue weighted by Gasteiger charge is -2.15. The molecule has 1 amide bonds. The van der Waals surface area contributed by atoms with E-state index in [0.29, 0.717) is 37.4 Å². The normalized spacial score (nSPS) is 14.7. The van der Waals surface area contributed by atoms with Crippen LogP contribution in [0.3, 0.4) is 0 Å². The van der Waals surface area contributed by atoms with E-state index in [0.717, 1.165) is 24.2 Å². The first-order valence-electron chi connectivity index (χ1n) is 9.91. The van der Waals surface area contributed by atoms with Crippen molar-refractivity contribution in [1.29, 1.82) is 0 Å². The number of nitrogens with one attached hydrogen (secondary N) is 1. The molecule has 6 nitrogen and oxygen atoms in total. The van der Waals surface area contributed by atoms with Crippen molar-refractivity contribution < 1.29 is 17.9 Å². The van der Waals surface area contributed by atoms with Gasteiger partial charge in [-0.3, -0.25) is 4.79 Å². The molecule has 0 bridgehead atoms. The summed E-state index contributed by atoms with van der Waals surface area (Å²) >= 11 is 0. The maximum Gasteiger partial charge on any atom is 0.251 e. The Morgan fingerprint density at radius 2 is 1.76 bits per heavy atom. The molecule has 1 saturated heterocycles. The molecule has 0 atom stereocenters. The molecule has 29 heavy (non-hydrogen) atoms. The van der Waals surface area contributed by atoms with Crippen LogP contribution in [-0.4, -0.2) is 44.9 Å². The van der Waals surface area contributed by atoms with Gasteiger partial charge in [-0.25, -0.2) is 12.7 Å². The third kappa shape index (κ3) is 5.58. The Hall–Kier alpha value is -2.38. The third-order valence-corrected chi connectivity index (χ3v) is 7.07. The average Bonchev–Trinajstić information content (AvgIpc) is 3.24. The van der Waals surface area contributed by atoms with E-state index in [9.17, 15) is 13.2 Å². The Labute approximate surface area is 172 Å². The topological polar surface area (TPSA) is 75.7 Å². The standard InChI is InChI=1S/C22H28N2O4S/c1-17-6-5-7-21(18(17)2)28-15-12-23-22(25)20-10-8-19(9-11-20)16-29(26,27)24-13-3-4-14-24/h5-11H,3-4,12-16H2,1-2H3,(H,23,25). The van der Waals surface area contributed by atoms with Crippen LogP contribution >= 0.6 is 0 Å². The molecule has 1 heterocycles. The van der Waals surface area contributed by atoms with Gasteiger partial charge in [0.2, 0.25) is 10.0 Å². The number of sulfonamides is 1. The zero-order valence-corrected chi connectivity index (χ0v) is 17.8. The lowest BCUT2D eigenvalue weighted by molar-refractivity contribution is 0.0947. The maximum atomic E-state index is 12.4. The van der Waals surface area contributed by atoms with E-state index < -0.39 is 10.0 Å². The van der Waals surface area contributed by atoms with Gasteiger partial charge in [0.05, 0.1) is 12.3 Å². The second-order valence-electron chi connectivity index (χ2n) is 7.36. The van der Waals surface area contributed by atoms with Crippen LogP contribution in [0.4, 0.5) is 0 Å². The largest absolute Gasteiger partial charge is 0.491 e. The fourth-order valence-electron chi connectivity index (χ4n) is 3.33. The van der Waals surface area contributed by atoms with Gasteiger partial charge >= 0.3 is 0 Å². The Bertz CT molecular complexity index is 949. The number of rotatable bonds is 8. The molecule has 0 aromatic heterocycles. The van der Waals surface area contributed by atoms with Crippen molar-refractivity contribution in [1.82, 2.24) is 9.62 Å². The molecule has 0 saturated carbocycles. The molecule has 3 rings (SSSR count). The minimum Gasteiger partial charge on any atom is -0.491 e. The van der Waals surface area contributed by atoms with E-state index in [1.165, 1.54) is 5.56 Å². The van der Waals surface area contributed by atoms with E-state index in [4.69, 9.17) is 4.74 Å². The van der Waals surface area contributed by atoms with Crippen LogP contribution in [0, 0.1) is 13.8 Å².